The number of aliphatic carboxylic acids is 1. The van der Waals surface area contributed by atoms with Crippen molar-refractivity contribution < 1.29 is 92.3 Å². The van der Waals surface area contributed by atoms with Crippen LogP contribution in [0.2, 0.25) is 0 Å². The second-order valence-corrected chi connectivity index (χ2v) is 28.2. The number of aliphatic hydroxyl groups excluding tert-OH is 3. The monoisotopic (exact) mass is 1470 g/mol. The summed E-state index contributed by atoms with van der Waals surface area (Å²) in [5.74, 6) is -12.8. The summed E-state index contributed by atoms with van der Waals surface area (Å²) in [6.07, 6.45) is 3.99. The van der Waals surface area contributed by atoms with Gasteiger partial charge in [0.25, 0.3) is 0 Å². The Morgan fingerprint density at radius 3 is 1.60 bits per heavy atom. The standard InChI is InChI=1S/C67H102N16O19S/c1-33(2)51(77-58(92)44(31-84)75-54(88)35(5)68)62(96)70-30-50(87)80-23-12-18-46(80)59(93)72-37(7)64(98)81-24-13-19-47(81)60(94)74-43(28-39-29-69-41-17-11-10-16-40(39)41)57(91)71-36(6)55(89)73-42(22-27-103-9)56(90)79-53(38(8)86)66(100)83-26-15-21-49(83)65(99)82-25-14-20-48(82)61(95)78-52(34(3)4)63(97)76-45(32-85)67(101)102/h10-11,16-17,29,33-38,42-49,51-53,69,84-86H,12-15,18-28,30-32,68H2,1-9H3,(H,70,96)(H,71,91)(H,72,93)(H,73,89)(H,74,94)(H,75,88)(H,76,97)(H,77,92)(H,78,95)(H,79,90)(H,101,102)/t35-,36-,37-,38+,42-,43-,44-,45-,46-,47-,48-,49-,51-,52-,53-/m0/s1. The van der Waals surface area contributed by atoms with Crippen molar-refractivity contribution >= 4 is 111 Å². The molecule has 570 valence electrons. The number of carbonyl (C=O) groups is 15. The molecular formula is C67H102N16O19S. The first-order valence-corrected chi connectivity index (χ1v) is 36.3. The van der Waals surface area contributed by atoms with Crippen molar-refractivity contribution in [2.45, 2.75) is 210 Å². The summed E-state index contributed by atoms with van der Waals surface area (Å²) in [6, 6.07) is -10.6. The molecule has 5 heterocycles. The normalized spacial score (nSPS) is 20.6. The molecule has 36 heteroatoms. The van der Waals surface area contributed by atoms with Gasteiger partial charge in [-0.2, -0.15) is 11.8 Å². The van der Waals surface area contributed by atoms with Crippen LogP contribution in [-0.4, -0.2) is 282 Å². The molecule has 0 aliphatic carbocycles. The first-order valence-electron chi connectivity index (χ1n) is 34.9. The minimum atomic E-state index is -1.64. The fourth-order valence-corrected chi connectivity index (χ4v) is 13.4. The van der Waals surface area contributed by atoms with Crippen molar-refractivity contribution in [3.63, 3.8) is 0 Å². The highest BCUT2D eigenvalue weighted by Crippen LogP contribution is 2.28. The molecule has 4 aliphatic rings. The van der Waals surface area contributed by atoms with Crippen LogP contribution in [0.3, 0.4) is 0 Å². The highest BCUT2D eigenvalue weighted by atomic mass is 32.2. The van der Waals surface area contributed by atoms with Crippen LogP contribution < -0.4 is 58.9 Å². The van der Waals surface area contributed by atoms with Gasteiger partial charge in [-0.15, -0.1) is 0 Å². The van der Waals surface area contributed by atoms with Crippen LogP contribution in [0, 0.1) is 11.8 Å². The van der Waals surface area contributed by atoms with Gasteiger partial charge in [0.15, 0.2) is 0 Å². The predicted molar refractivity (Wildman–Crippen MR) is 372 cm³/mol. The second kappa shape index (κ2) is 38.5. The molecule has 35 nitrogen and oxygen atoms in total. The Hall–Kier alpha value is -9.00. The number of aliphatic hydroxyl groups is 3. The van der Waals surface area contributed by atoms with E-state index in [0.29, 0.717) is 37.0 Å². The zero-order valence-corrected chi connectivity index (χ0v) is 60.4. The molecule has 0 saturated carbocycles. The van der Waals surface area contributed by atoms with Crippen LogP contribution in [0.1, 0.15) is 119 Å². The average molecular weight is 1470 g/mol. The molecule has 103 heavy (non-hydrogen) atoms. The van der Waals surface area contributed by atoms with Gasteiger partial charge in [0, 0.05) is 49.7 Å². The third-order valence-corrected chi connectivity index (χ3v) is 19.5. The molecule has 1 aromatic heterocycles. The summed E-state index contributed by atoms with van der Waals surface area (Å²) in [5, 5.41) is 65.9. The van der Waals surface area contributed by atoms with Crippen molar-refractivity contribution in [2.24, 2.45) is 17.6 Å². The number of likely N-dealkylation sites (tertiary alicyclic amines) is 4. The minimum Gasteiger partial charge on any atom is -0.480 e. The number of carboxylic acid groups (broad SMARTS) is 1. The van der Waals surface area contributed by atoms with E-state index >= 15 is 0 Å². The van der Waals surface area contributed by atoms with Gasteiger partial charge in [-0.1, -0.05) is 45.9 Å². The van der Waals surface area contributed by atoms with Gasteiger partial charge in [-0.3, -0.25) is 67.1 Å². The van der Waals surface area contributed by atoms with Crippen LogP contribution in [0.4, 0.5) is 0 Å². The zero-order valence-electron chi connectivity index (χ0n) is 59.6. The quantitative estimate of drug-likeness (QED) is 0.0307. The summed E-state index contributed by atoms with van der Waals surface area (Å²) in [7, 11) is 0. The minimum absolute atomic E-state index is 0.00188. The number of benzene rings is 1. The van der Waals surface area contributed by atoms with E-state index in [4.69, 9.17) is 5.73 Å². The number of thioether (sulfide) groups is 1. The number of fused-ring (bicyclic) bond motifs is 1. The van der Waals surface area contributed by atoms with E-state index in [9.17, 15) is 92.3 Å². The molecular weight excluding hydrogens is 1360 g/mol. The lowest BCUT2D eigenvalue weighted by Crippen LogP contribution is -2.62. The highest BCUT2D eigenvalue weighted by molar-refractivity contribution is 7.98. The summed E-state index contributed by atoms with van der Waals surface area (Å²) in [6.45, 7) is 10.0. The number of aromatic amines is 1. The van der Waals surface area contributed by atoms with Gasteiger partial charge in [-0.25, -0.2) is 4.79 Å². The van der Waals surface area contributed by atoms with Crippen LogP contribution in [0.15, 0.2) is 30.5 Å². The summed E-state index contributed by atoms with van der Waals surface area (Å²) in [4.78, 5) is 213. The molecule has 0 bridgehead atoms. The van der Waals surface area contributed by atoms with Crippen molar-refractivity contribution in [3.05, 3.63) is 36.0 Å². The maximum Gasteiger partial charge on any atom is 0.328 e. The maximum absolute atomic E-state index is 14.6. The Morgan fingerprint density at radius 1 is 0.524 bits per heavy atom. The van der Waals surface area contributed by atoms with E-state index < -0.39 is 211 Å². The number of aromatic nitrogens is 1. The lowest BCUT2D eigenvalue weighted by atomic mass is 10.0. The average Bonchev–Trinajstić information content (AvgIpc) is 1.73. The number of carboxylic acids is 1. The van der Waals surface area contributed by atoms with Gasteiger partial charge >= 0.3 is 5.97 Å². The van der Waals surface area contributed by atoms with Crippen molar-refractivity contribution in [1.29, 1.82) is 0 Å². The number of carbonyl (C=O) groups excluding carboxylic acids is 14. The Kier molecular flexibility index (Phi) is 31.0. The molecule has 1 aromatic carbocycles. The fourth-order valence-electron chi connectivity index (χ4n) is 12.9. The number of nitrogens with one attached hydrogen (secondary N) is 11. The van der Waals surface area contributed by atoms with Gasteiger partial charge in [0.2, 0.25) is 82.7 Å². The molecule has 17 N–H and O–H groups in total. The molecule has 2 aromatic rings. The smallest absolute Gasteiger partial charge is 0.328 e. The molecule has 6 rings (SSSR count). The van der Waals surface area contributed by atoms with Crippen LogP contribution in [-0.2, 0) is 78.3 Å². The molecule has 15 atom stereocenters. The van der Waals surface area contributed by atoms with Crippen LogP contribution >= 0.6 is 11.8 Å². The van der Waals surface area contributed by atoms with E-state index in [1.807, 2.05) is 12.1 Å². The van der Waals surface area contributed by atoms with Gasteiger partial charge in [0.05, 0.1) is 31.9 Å². The lowest BCUT2D eigenvalue weighted by molar-refractivity contribution is -0.149. The fraction of sp³-hybridized carbons (Fsp3) is 0.657. The molecule has 0 radical (unpaired) electrons. The van der Waals surface area contributed by atoms with Crippen molar-refractivity contribution in [3.8, 4) is 0 Å². The second-order valence-electron chi connectivity index (χ2n) is 27.3. The number of para-hydroxylation sites is 1. The van der Waals surface area contributed by atoms with Gasteiger partial charge < -0.3 is 104 Å². The Labute approximate surface area is 600 Å². The van der Waals surface area contributed by atoms with E-state index in [-0.39, 0.29) is 64.7 Å². The van der Waals surface area contributed by atoms with Crippen molar-refractivity contribution in [2.75, 3.05) is 57.9 Å². The summed E-state index contributed by atoms with van der Waals surface area (Å²) >= 11 is 1.34. The van der Waals surface area contributed by atoms with Gasteiger partial charge in [-0.05, 0) is 121 Å². The topological polar surface area (TPSA) is 512 Å². The number of H-pyrrole nitrogens is 1. The first-order chi connectivity index (χ1) is 48.7. The maximum atomic E-state index is 14.6. The number of hydrogen-bond acceptors (Lipinski definition) is 20. The number of hydrogen-bond donors (Lipinski definition) is 16. The van der Waals surface area contributed by atoms with E-state index in [2.05, 4.69) is 58.2 Å². The number of rotatable bonds is 35. The summed E-state index contributed by atoms with van der Waals surface area (Å²) < 4.78 is 0. The van der Waals surface area contributed by atoms with Gasteiger partial charge in [0.1, 0.15) is 78.5 Å². The number of nitrogens with zero attached hydrogens (tertiary/aromatic N) is 4. The molecule has 0 unspecified atom stereocenters. The Morgan fingerprint density at radius 2 is 1.02 bits per heavy atom. The third kappa shape index (κ3) is 21.8. The molecule has 0 spiro atoms. The SMILES string of the molecule is CSCC[C@H](NC(=O)[C@H](C)NC(=O)[C@H](Cc1c[nH]c2ccccc12)NC(=O)[C@@H]1CCCN1C(=O)[C@H](C)NC(=O)[C@@H]1CCCN1C(=O)CNC(=O)[C@@H](NC(=O)[C@H](CO)NC(=O)[C@H](C)N)C(C)C)C(=O)N[C@H](C(=O)N1CCC[C@H]1C(=O)N1CCC[C@H]1C(=O)N[C@H](C(=O)N[C@@H](CO)C(=O)O)C(C)C)[C@@H](C)O. The van der Waals surface area contributed by atoms with E-state index in [1.165, 1.54) is 59.1 Å². The highest BCUT2D eigenvalue weighted by Gasteiger charge is 2.47. The largest absolute Gasteiger partial charge is 0.480 e. The third-order valence-electron chi connectivity index (χ3n) is 18.8. The molecule has 4 saturated heterocycles. The van der Waals surface area contributed by atoms with Crippen LogP contribution in [0.25, 0.3) is 10.9 Å². The van der Waals surface area contributed by atoms with Crippen molar-refractivity contribution in [1.82, 2.24) is 77.8 Å². The molecule has 4 aliphatic heterocycles. The number of nitrogens with two attached hydrogens (primary N) is 1. The zero-order chi connectivity index (χ0) is 76.3. The Balaban J connectivity index is 1.08. The Bertz CT molecular complexity index is 3430. The lowest BCUT2D eigenvalue weighted by Gasteiger charge is -2.34. The van der Waals surface area contributed by atoms with Crippen LogP contribution in [0.5, 0.6) is 0 Å². The number of amides is 14. The van der Waals surface area contributed by atoms with E-state index in [0.717, 1.165) is 10.9 Å². The van der Waals surface area contributed by atoms with E-state index in [1.54, 1.807) is 52.3 Å². The molecule has 14 amide bonds. The predicted octanol–water partition coefficient (Wildman–Crippen LogP) is -4.94. The summed E-state index contributed by atoms with van der Waals surface area (Å²) in [5.41, 5.74) is 6.90. The first kappa shape index (κ1) is 83.0. The molecule has 4 fully saturated rings.